The molecule has 0 heterocycles. The van der Waals surface area contributed by atoms with Crippen molar-refractivity contribution in [1.29, 1.82) is 0 Å². The number of carbonyl (C=O) groups is 1. The van der Waals surface area contributed by atoms with Crippen molar-refractivity contribution in [3.8, 4) is 0 Å². The van der Waals surface area contributed by atoms with Gasteiger partial charge in [-0.2, -0.15) is 0 Å². The number of hydrogen-bond acceptors (Lipinski definition) is 5. The first-order valence-electron chi connectivity index (χ1n) is 10.0. The molecule has 1 saturated carbocycles. The Labute approximate surface area is 188 Å². The number of benzene rings is 2. The summed E-state index contributed by atoms with van der Waals surface area (Å²) in [6, 6.07) is 12.0. The van der Waals surface area contributed by atoms with E-state index < -0.39 is 31.5 Å². The number of amides is 1. The molecule has 168 valence electrons. The molecule has 2 aromatic rings. The van der Waals surface area contributed by atoms with Crippen molar-refractivity contribution in [2.75, 3.05) is 11.1 Å². The molecule has 0 atom stereocenters. The molecular formula is C21H25ClN2O5S2. The molecule has 0 radical (unpaired) electrons. The molecule has 0 aromatic heterocycles. The van der Waals surface area contributed by atoms with E-state index in [9.17, 15) is 21.6 Å². The summed E-state index contributed by atoms with van der Waals surface area (Å²) in [6.45, 7) is 0. The lowest BCUT2D eigenvalue weighted by Gasteiger charge is -2.22. The van der Waals surface area contributed by atoms with E-state index in [4.69, 9.17) is 11.6 Å². The van der Waals surface area contributed by atoms with Crippen LogP contribution in [0, 0.1) is 0 Å². The third-order valence-electron chi connectivity index (χ3n) is 5.03. The van der Waals surface area contributed by atoms with Crippen LogP contribution in [0.1, 0.15) is 37.7 Å². The van der Waals surface area contributed by atoms with Crippen LogP contribution in [0.5, 0.6) is 0 Å². The number of hydrogen-bond donors (Lipinski definition) is 2. The largest absolute Gasteiger partial charge is 0.325 e. The van der Waals surface area contributed by atoms with Crippen LogP contribution in [0.2, 0.25) is 5.02 Å². The highest BCUT2D eigenvalue weighted by molar-refractivity contribution is 7.91. The topological polar surface area (TPSA) is 109 Å². The van der Waals surface area contributed by atoms with Gasteiger partial charge in [-0.05, 0) is 54.8 Å². The molecule has 1 fully saturated rings. The molecule has 0 saturated heterocycles. The molecule has 1 aliphatic rings. The summed E-state index contributed by atoms with van der Waals surface area (Å²) < 4.78 is 52.3. The van der Waals surface area contributed by atoms with Gasteiger partial charge in [-0.1, -0.05) is 43.0 Å². The minimum Gasteiger partial charge on any atom is -0.325 e. The molecule has 31 heavy (non-hydrogen) atoms. The first kappa shape index (κ1) is 23.7. The summed E-state index contributed by atoms with van der Waals surface area (Å²) in [6.07, 6.45) is 4.82. The summed E-state index contributed by atoms with van der Waals surface area (Å²) in [5.41, 5.74) is 0.862. The molecule has 2 N–H and O–H groups in total. The first-order chi connectivity index (χ1) is 14.6. The maximum Gasteiger partial charge on any atom is 0.240 e. The van der Waals surface area contributed by atoms with Crippen molar-refractivity contribution in [2.24, 2.45) is 0 Å². The van der Waals surface area contributed by atoms with Gasteiger partial charge in [0.25, 0.3) is 0 Å². The van der Waals surface area contributed by atoms with Crippen molar-refractivity contribution in [2.45, 2.75) is 48.8 Å². The second-order valence-corrected chi connectivity index (χ2v) is 11.9. The lowest BCUT2D eigenvalue weighted by atomic mass is 9.96. The summed E-state index contributed by atoms with van der Waals surface area (Å²) in [4.78, 5) is 12.3. The Bertz CT molecular complexity index is 1110. The van der Waals surface area contributed by atoms with E-state index in [-0.39, 0.29) is 16.7 Å². The Morgan fingerprint density at radius 2 is 1.52 bits per heavy atom. The average Bonchev–Trinajstić information content (AvgIpc) is 2.70. The normalized spacial score (nSPS) is 15.5. The van der Waals surface area contributed by atoms with E-state index >= 15 is 0 Å². The number of nitrogens with one attached hydrogen (secondary N) is 2. The van der Waals surface area contributed by atoms with E-state index in [1.807, 2.05) is 0 Å². The molecule has 1 amide bonds. The number of sulfonamides is 1. The molecular weight excluding hydrogens is 460 g/mol. The Hall–Kier alpha value is -1.94. The zero-order chi connectivity index (χ0) is 22.5. The van der Waals surface area contributed by atoms with Crippen molar-refractivity contribution < 1.29 is 21.6 Å². The van der Waals surface area contributed by atoms with Gasteiger partial charge in [0.2, 0.25) is 15.9 Å². The van der Waals surface area contributed by atoms with Crippen molar-refractivity contribution in [1.82, 2.24) is 4.72 Å². The molecule has 1 aliphatic carbocycles. The number of rotatable bonds is 8. The second kappa shape index (κ2) is 10.1. The first-order valence-corrected chi connectivity index (χ1v) is 13.7. The van der Waals surface area contributed by atoms with Gasteiger partial charge in [0.05, 0.1) is 10.6 Å². The summed E-state index contributed by atoms with van der Waals surface area (Å²) in [7, 11) is -7.32. The molecule has 7 nitrogen and oxygen atoms in total. The fraction of sp³-hybridized carbons (Fsp3) is 0.381. The monoisotopic (exact) mass is 484 g/mol. The van der Waals surface area contributed by atoms with E-state index in [2.05, 4.69) is 10.0 Å². The summed E-state index contributed by atoms with van der Waals surface area (Å²) in [5.74, 6) is -1.65. The van der Waals surface area contributed by atoms with E-state index in [0.29, 0.717) is 16.3 Å². The van der Waals surface area contributed by atoms with Gasteiger partial charge < -0.3 is 5.32 Å². The molecule has 3 rings (SSSR count). The Balaban J connectivity index is 1.57. The van der Waals surface area contributed by atoms with E-state index in [1.54, 1.807) is 24.3 Å². The van der Waals surface area contributed by atoms with Gasteiger partial charge in [-0.25, -0.2) is 21.6 Å². The van der Waals surface area contributed by atoms with Gasteiger partial charge in [0.15, 0.2) is 9.84 Å². The predicted octanol–water partition coefficient (Wildman–Crippen LogP) is 3.50. The Kier molecular flexibility index (Phi) is 7.74. The van der Waals surface area contributed by atoms with Gasteiger partial charge in [-0.3, -0.25) is 4.79 Å². The molecule has 0 aliphatic heterocycles. The number of sulfone groups is 1. The molecule has 0 unspecified atom stereocenters. The van der Waals surface area contributed by atoms with Crippen LogP contribution in [0.4, 0.5) is 5.69 Å². The lowest BCUT2D eigenvalue weighted by molar-refractivity contribution is -0.113. The third kappa shape index (κ3) is 7.31. The minimum absolute atomic E-state index is 0.0519. The summed E-state index contributed by atoms with van der Waals surface area (Å²) >= 11 is 5.79. The zero-order valence-corrected chi connectivity index (χ0v) is 19.3. The zero-order valence-electron chi connectivity index (χ0n) is 16.9. The third-order valence-corrected chi connectivity index (χ3v) is 8.29. The lowest BCUT2D eigenvalue weighted by Crippen LogP contribution is -2.36. The molecule has 10 heteroatoms. The van der Waals surface area contributed by atoms with E-state index in [0.717, 1.165) is 32.1 Å². The van der Waals surface area contributed by atoms with Crippen LogP contribution >= 0.6 is 11.6 Å². The Morgan fingerprint density at radius 1 is 0.903 bits per heavy atom. The van der Waals surface area contributed by atoms with Crippen molar-refractivity contribution in [3.63, 3.8) is 0 Å². The summed E-state index contributed by atoms with van der Waals surface area (Å²) in [5, 5.41) is 3.00. The van der Waals surface area contributed by atoms with Crippen molar-refractivity contribution >= 4 is 43.1 Å². The van der Waals surface area contributed by atoms with Crippen LogP contribution in [0.3, 0.4) is 0 Å². The molecule has 0 bridgehead atoms. The van der Waals surface area contributed by atoms with Crippen LogP contribution in [0.15, 0.2) is 53.4 Å². The van der Waals surface area contributed by atoms with Gasteiger partial charge in [-0.15, -0.1) is 0 Å². The van der Waals surface area contributed by atoms with Gasteiger partial charge in [0, 0.05) is 16.8 Å². The molecule has 0 spiro atoms. The fourth-order valence-electron chi connectivity index (χ4n) is 3.51. The quantitative estimate of drug-likeness (QED) is 0.595. The number of anilines is 1. The highest BCUT2D eigenvalue weighted by Gasteiger charge is 2.22. The standard InChI is InChI=1S/C21H25ClN2O5S2/c22-17-8-6-16(7-9-17)14-30(26,27)15-21(25)23-18-10-12-20(13-11-18)31(28,29)24-19-4-2-1-3-5-19/h6-13,19,24H,1-5,14-15H2,(H,23,25). The molecule has 2 aromatic carbocycles. The van der Waals surface area contributed by atoms with Crippen LogP contribution in [-0.4, -0.2) is 34.5 Å². The van der Waals surface area contributed by atoms with Crippen LogP contribution < -0.4 is 10.0 Å². The van der Waals surface area contributed by atoms with Crippen LogP contribution in [0.25, 0.3) is 0 Å². The predicted molar refractivity (Wildman–Crippen MR) is 121 cm³/mol. The smallest absolute Gasteiger partial charge is 0.240 e. The van der Waals surface area contributed by atoms with E-state index in [1.165, 1.54) is 24.3 Å². The Morgan fingerprint density at radius 3 is 2.13 bits per heavy atom. The van der Waals surface area contributed by atoms with Gasteiger partial charge in [0.1, 0.15) is 5.75 Å². The van der Waals surface area contributed by atoms with Gasteiger partial charge >= 0.3 is 0 Å². The minimum atomic E-state index is -3.68. The number of carbonyl (C=O) groups excluding carboxylic acids is 1. The fourth-order valence-corrected chi connectivity index (χ4v) is 6.21. The van der Waals surface area contributed by atoms with Crippen LogP contribution in [-0.2, 0) is 30.4 Å². The maximum absolute atomic E-state index is 12.5. The SMILES string of the molecule is O=C(CS(=O)(=O)Cc1ccc(Cl)cc1)Nc1ccc(S(=O)(=O)NC2CCCCC2)cc1. The van der Waals surface area contributed by atoms with Crippen molar-refractivity contribution in [3.05, 3.63) is 59.1 Å². The highest BCUT2D eigenvalue weighted by atomic mass is 35.5. The highest BCUT2D eigenvalue weighted by Crippen LogP contribution is 2.21. The maximum atomic E-state index is 12.5. The average molecular weight is 485 g/mol. The second-order valence-electron chi connectivity index (χ2n) is 7.69. The number of halogens is 1.